The number of para-hydroxylation sites is 2. The highest BCUT2D eigenvalue weighted by molar-refractivity contribution is 6.12. The van der Waals surface area contributed by atoms with Crippen molar-refractivity contribution in [1.82, 2.24) is 15.0 Å². The smallest absolute Gasteiger partial charge is 0.221 e. The molecule has 0 aliphatic heterocycles. The largest absolute Gasteiger partial charge is 0.421 e. The van der Waals surface area contributed by atoms with Gasteiger partial charge in [-0.1, -0.05) is 97.1 Å². The van der Waals surface area contributed by atoms with E-state index in [-0.39, 0.29) is 0 Å². The van der Waals surface area contributed by atoms with Crippen LogP contribution in [-0.4, -0.2) is 15.0 Å². The molecule has 1 aliphatic rings. The number of hydrogen-bond acceptors (Lipinski definition) is 3. The van der Waals surface area contributed by atoms with Gasteiger partial charge in [-0.2, -0.15) is 0 Å². The third-order valence-corrected chi connectivity index (χ3v) is 7.90. The highest BCUT2D eigenvalue weighted by Crippen LogP contribution is 2.40. The number of ether oxygens (including phenoxy) is 1. The van der Waals surface area contributed by atoms with Crippen LogP contribution in [0.5, 0.6) is 11.8 Å². The van der Waals surface area contributed by atoms with Crippen LogP contribution < -0.4 is 4.74 Å². The van der Waals surface area contributed by atoms with Crippen LogP contribution in [0, 0.1) is 0 Å². The maximum Gasteiger partial charge on any atom is 0.221 e. The van der Waals surface area contributed by atoms with Gasteiger partial charge in [-0.05, 0) is 52.4 Å². The van der Waals surface area contributed by atoms with Crippen molar-refractivity contribution in [2.24, 2.45) is 0 Å². The van der Waals surface area contributed by atoms with Crippen molar-refractivity contribution in [3.63, 3.8) is 0 Å². The molecule has 0 amide bonds. The second-order valence-corrected chi connectivity index (χ2v) is 10.3. The van der Waals surface area contributed by atoms with Gasteiger partial charge in [0, 0.05) is 45.7 Å². The fourth-order valence-electron chi connectivity index (χ4n) is 6.00. The average molecular weight is 528 g/mol. The van der Waals surface area contributed by atoms with E-state index in [0.29, 0.717) is 11.8 Å². The number of nitrogens with zero attached hydrogens (tertiary/aromatic N) is 2. The normalized spacial score (nSPS) is 12.2. The molecule has 0 radical (unpaired) electrons. The Bertz CT molecular complexity index is 2110. The summed E-state index contributed by atoms with van der Waals surface area (Å²) in [7, 11) is 0. The highest BCUT2D eigenvalue weighted by atomic mass is 16.5. The summed E-state index contributed by atoms with van der Waals surface area (Å²) in [4.78, 5) is 12.9. The van der Waals surface area contributed by atoms with Crippen LogP contribution in [0.3, 0.4) is 0 Å². The molecule has 41 heavy (non-hydrogen) atoms. The maximum absolute atomic E-state index is 5.97. The Hall–Kier alpha value is -5.48. The van der Waals surface area contributed by atoms with Gasteiger partial charge < -0.3 is 9.72 Å². The molecule has 4 heteroatoms. The molecule has 4 aromatic carbocycles. The summed E-state index contributed by atoms with van der Waals surface area (Å²) in [5, 5.41) is 2.49. The fraction of sp³-hybridized carbons (Fsp3) is 0.0270. The lowest BCUT2D eigenvalue weighted by Gasteiger charge is -2.16. The Morgan fingerprint density at radius 2 is 1.24 bits per heavy atom. The lowest BCUT2D eigenvalue weighted by molar-refractivity contribution is 0.445. The SMILES string of the molecule is C1=Cc2cccc(-c3cccc4c3[nH]c3ccccc34)c2Cc2c1cccc2-c1cccc(Oc2ccccn2)n1. The lowest BCUT2D eigenvalue weighted by Crippen LogP contribution is -2.00. The van der Waals surface area contributed by atoms with Crippen LogP contribution in [0.4, 0.5) is 0 Å². The van der Waals surface area contributed by atoms with Crippen molar-refractivity contribution in [3.05, 3.63) is 144 Å². The van der Waals surface area contributed by atoms with Crippen molar-refractivity contribution < 1.29 is 4.74 Å². The first-order valence-electron chi connectivity index (χ1n) is 13.8. The molecule has 0 atom stereocenters. The number of benzene rings is 4. The standard InChI is InChI=1S/C37H25N3O/c1-2-16-34-27(11-1)30-15-7-14-29(37(30)40-34)26-12-5-9-24-20-21-25-10-6-13-28(32(25)23-31(24)26)33-17-8-19-36(39-33)41-35-18-3-4-22-38-35/h1-22,40H,23H2. The first kappa shape index (κ1) is 23.4. The van der Waals surface area contributed by atoms with Gasteiger partial charge >= 0.3 is 0 Å². The molecule has 8 rings (SSSR count). The molecule has 0 saturated heterocycles. The van der Waals surface area contributed by atoms with Crippen LogP contribution in [0.25, 0.3) is 56.3 Å². The number of rotatable bonds is 4. The molecule has 3 heterocycles. The van der Waals surface area contributed by atoms with Crippen LogP contribution in [0.1, 0.15) is 22.3 Å². The third-order valence-electron chi connectivity index (χ3n) is 7.90. The van der Waals surface area contributed by atoms with Gasteiger partial charge in [-0.15, -0.1) is 0 Å². The number of nitrogens with one attached hydrogen (secondary N) is 1. The van der Waals surface area contributed by atoms with E-state index in [1.165, 1.54) is 49.7 Å². The molecule has 0 spiro atoms. The zero-order chi connectivity index (χ0) is 27.2. The van der Waals surface area contributed by atoms with E-state index in [4.69, 9.17) is 9.72 Å². The van der Waals surface area contributed by atoms with E-state index in [0.717, 1.165) is 23.2 Å². The molecule has 0 unspecified atom stereocenters. The van der Waals surface area contributed by atoms with E-state index in [2.05, 4.69) is 101 Å². The van der Waals surface area contributed by atoms with Crippen molar-refractivity contribution in [2.45, 2.75) is 6.42 Å². The monoisotopic (exact) mass is 527 g/mol. The summed E-state index contributed by atoms with van der Waals surface area (Å²) in [6.45, 7) is 0. The minimum Gasteiger partial charge on any atom is -0.421 e. The average Bonchev–Trinajstić information content (AvgIpc) is 3.29. The number of aromatic nitrogens is 3. The van der Waals surface area contributed by atoms with Gasteiger partial charge in [0.1, 0.15) is 0 Å². The number of H-pyrrole nitrogens is 1. The summed E-state index contributed by atoms with van der Waals surface area (Å²) in [6.07, 6.45) is 6.97. The van der Waals surface area contributed by atoms with Gasteiger partial charge in [0.15, 0.2) is 0 Å². The maximum atomic E-state index is 5.97. The van der Waals surface area contributed by atoms with Gasteiger partial charge in [0.2, 0.25) is 11.8 Å². The van der Waals surface area contributed by atoms with Crippen LogP contribution in [0.2, 0.25) is 0 Å². The summed E-state index contributed by atoms with van der Waals surface area (Å²) < 4.78 is 5.97. The Kier molecular flexibility index (Phi) is 5.49. The molecule has 1 aliphatic carbocycles. The second-order valence-electron chi connectivity index (χ2n) is 10.3. The number of fused-ring (bicyclic) bond motifs is 5. The first-order chi connectivity index (χ1) is 20.3. The Balaban J connectivity index is 1.26. The number of aromatic amines is 1. The summed E-state index contributed by atoms with van der Waals surface area (Å²) >= 11 is 0. The molecule has 0 bridgehead atoms. The number of hydrogen-bond donors (Lipinski definition) is 1. The topological polar surface area (TPSA) is 50.8 Å². The summed E-state index contributed by atoms with van der Waals surface area (Å²) in [5.41, 5.74) is 11.8. The molecule has 0 fully saturated rings. The summed E-state index contributed by atoms with van der Waals surface area (Å²) in [6, 6.07) is 39.7. The molecule has 3 aromatic heterocycles. The van der Waals surface area contributed by atoms with Crippen molar-refractivity contribution >= 4 is 34.0 Å². The molecule has 4 nitrogen and oxygen atoms in total. The fourth-order valence-corrected chi connectivity index (χ4v) is 6.00. The van der Waals surface area contributed by atoms with Crippen molar-refractivity contribution in [1.29, 1.82) is 0 Å². The van der Waals surface area contributed by atoms with E-state index in [9.17, 15) is 0 Å². The van der Waals surface area contributed by atoms with E-state index in [1.807, 2.05) is 36.4 Å². The van der Waals surface area contributed by atoms with Crippen molar-refractivity contribution in [3.8, 4) is 34.1 Å². The first-order valence-corrected chi connectivity index (χ1v) is 13.8. The third kappa shape index (κ3) is 4.09. The van der Waals surface area contributed by atoms with Crippen LogP contribution in [0.15, 0.2) is 121 Å². The molecular weight excluding hydrogens is 502 g/mol. The van der Waals surface area contributed by atoms with Gasteiger partial charge in [-0.3, -0.25) is 0 Å². The Labute approximate surface area is 237 Å². The second kappa shape index (κ2) is 9.61. The minimum atomic E-state index is 0.523. The van der Waals surface area contributed by atoms with E-state index >= 15 is 0 Å². The van der Waals surface area contributed by atoms with Crippen LogP contribution >= 0.6 is 0 Å². The molecule has 1 N–H and O–H groups in total. The van der Waals surface area contributed by atoms with Gasteiger partial charge in [0.25, 0.3) is 0 Å². The Morgan fingerprint density at radius 1 is 0.561 bits per heavy atom. The zero-order valence-corrected chi connectivity index (χ0v) is 22.2. The number of pyridine rings is 2. The summed E-state index contributed by atoms with van der Waals surface area (Å²) in [5.74, 6) is 1.05. The predicted molar refractivity (Wildman–Crippen MR) is 167 cm³/mol. The van der Waals surface area contributed by atoms with Crippen LogP contribution in [-0.2, 0) is 6.42 Å². The highest BCUT2D eigenvalue weighted by Gasteiger charge is 2.20. The van der Waals surface area contributed by atoms with Gasteiger partial charge in [-0.25, -0.2) is 9.97 Å². The van der Waals surface area contributed by atoms with E-state index < -0.39 is 0 Å². The zero-order valence-electron chi connectivity index (χ0n) is 22.2. The minimum absolute atomic E-state index is 0.523. The quantitative estimate of drug-likeness (QED) is 0.248. The molecule has 194 valence electrons. The Morgan fingerprint density at radius 3 is 2.10 bits per heavy atom. The molecule has 7 aromatic rings. The van der Waals surface area contributed by atoms with Gasteiger partial charge in [0.05, 0.1) is 11.2 Å². The lowest BCUT2D eigenvalue weighted by atomic mass is 9.88. The molecule has 0 saturated carbocycles. The van der Waals surface area contributed by atoms with E-state index in [1.54, 1.807) is 6.20 Å². The predicted octanol–water partition coefficient (Wildman–Crippen LogP) is 9.31. The molecular formula is C37H25N3O. The van der Waals surface area contributed by atoms with Crippen molar-refractivity contribution in [2.75, 3.05) is 0 Å².